The van der Waals surface area contributed by atoms with E-state index < -0.39 is 10.0 Å². The summed E-state index contributed by atoms with van der Waals surface area (Å²) in [5.74, 6) is 0.320. The zero-order valence-electron chi connectivity index (χ0n) is 15.8. The summed E-state index contributed by atoms with van der Waals surface area (Å²) in [6.07, 6.45) is 0. The van der Waals surface area contributed by atoms with Crippen molar-refractivity contribution in [3.05, 3.63) is 83.4 Å². The molecule has 8 heteroatoms. The van der Waals surface area contributed by atoms with E-state index in [1.54, 1.807) is 55.6 Å². The van der Waals surface area contributed by atoms with Crippen molar-refractivity contribution >= 4 is 38.9 Å². The highest BCUT2D eigenvalue weighted by atomic mass is 35.5. The fraction of sp³-hybridized carbons (Fsp3) is 0.0952. The molecule has 0 spiro atoms. The smallest absolute Gasteiger partial charge is 0.264 e. The zero-order valence-corrected chi connectivity index (χ0v) is 17.4. The normalized spacial score (nSPS) is 11.0. The van der Waals surface area contributed by atoms with Gasteiger partial charge in [-0.15, -0.1) is 0 Å². The number of carbonyl (C=O) groups is 1. The summed E-state index contributed by atoms with van der Waals surface area (Å²) in [5, 5.41) is 3.24. The van der Waals surface area contributed by atoms with Gasteiger partial charge in [0.25, 0.3) is 15.9 Å². The SMILES string of the molecule is COc1cccc(NC(=O)c2ccc(N(C)S(=O)(=O)c3ccc(Cl)cc3)cc2)c1. The Bertz CT molecular complexity index is 1110. The van der Waals surface area contributed by atoms with Crippen LogP contribution in [-0.4, -0.2) is 28.5 Å². The number of benzene rings is 3. The molecular weight excluding hydrogens is 412 g/mol. The quantitative estimate of drug-likeness (QED) is 0.627. The Morgan fingerprint density at radius 3 is 2.28 bits per heavy atom. The van der Waals surface area contributed by atoms with E-state index in [1.165, 1.54) is 31.3 Å². The van der Waals surface area contributed by atoms with Crippen molar-refractivity contribution in [3.8, 4) is 5.75 Å². The van der Waals surface area contributed by atoms with Gasteiger partial charge in [0, 0.05) is 29.4 Å². The molecule has 0 radical (unpaired) electrons. The summed E-state index contributed by atoms with van der Waals surface area (Å²) in [4.78, 5) is 12.6. The molecule has 0 heterocycles. The number of amides is 1. The number of sulfonamides is 1. The predicted octanol–water partition coefficient (Wildman–Crippen LogP) is 4.43. The third kappa shape index (κ3) is 4.70. The molecule has 0 fully saturated rings. The number of methoxy groups -OCH3 is 1. The first kappa shape index (κ1) is 20.7. The minimum Gasteiger partial charge on any atom is -0.497 e. The number of nitrogens with zero attached hydrogens (tertiary/aromatic N) is 1. The standard InChI is InChI=1S/C21H19ClN2O4S/c1-24(29(26,27)20-12-8-16(22)9-13-20)18-10-6-15(7-11-18)21(25)23-17-4-3-5-19(14-17)28-2/h3-14H,1-2H3,(H,23,25). The van der Waals surface area contributed by atoms with E-state index in [9.17, 15) is 13.2 Å². The van der Waals surface area contributed by atoms with Gasteiger partial charge in [0.15, 0.2) is 0 Å². The maximum absolute atomic E-state index is 12.8. The number of nitrogens with one attached hydrogen (secondary N) is 1. The maximum Gasteiger partial charge on any atom is 0.264 e. The lowest BCUT2D eigenvalue weighted by molar-refractivity contribution is 0.102. The van der Waals surface area contributed by atoms with E-state index >= 15 is 0 Å². The molecule has 0 bridgehead atoms. The van der Waals surface area contributed by atoms with Crippen LogP contribution >= 0.6 is 11.6 Å². The molecule has 0 saturated heterocycles. The van der Waals surface area contributed by atoms with E-state index in [-0.39, 0.29) is 10.8 Å². The number of rotatable bonds is 6. The Labute approximate surface area is 174 Å². The van der Waals surface area contributed by atoms with Crippen LogP contribution < -0.4 is 14.4 Å². The summed E-state index contributed by atoms with van der Waals surface area (Å²) >= 11 is 5.83. The van der Waals surface area contributed by atoms with E-state index in [4.69, 9.17) is 16.3 Å². The Kier molecular flexibility index (Phi) is 6.10. The first-order valence-corrected chi connectivity index (χ1v) is 10.4. The Morgan fingerprint density at radius 1 is 1.00 bits per heavy atom. The fourth-order valence-electron chi connectivity index (χ4n) is 2.63. The number of halogens is 1. The van der Waals surface area contributed by atoms with E-state index in [2.05, 4.69) is 5.32 Å². The molecule has 1 amide bonds. The molecule has 0 saturated carbocycles. The van der Waals surface area contributed by atoms with Crippen molar-refractivity contribution in [3.63, 3.8) is 0 Å². The minimum atomic E-state index is -3.74. The first-order chi connectivity index (χ1) is 13.8. The van der Waals surface area contributed by atoms with Crippen LogP contribution in [-0.2, 0) is 10.0 Å². The van der Waals surface area contributed by atoms with Crippen LogP contribution in [0.2, 0.25) is 5.02 Å². The summed E-state index contributed by atoms with van der Waals surface area (Å²) in [7, 11) is -0.734. The molecule has 150 valence electrons. The average Bonchev–Trinajstić information content (AvgIpc) is 2.73. The number of anilines is 2. The van der Waals surface area contributed by atoms with Crippen molar-refractivity contribution in [2.24, 2.45) is 0 Å². The molecule has 0 aliphatic rings. The largest absolute Gasteiger partial charge is 0.497 e. The maximum atomic E-state index is 12.8. The minimum absolute atomic E-state index is 0.129. The van der Waals surface area contributed by atoms with Gasteiger partial charge in [0.2, 0.25) is 0 Å². The van der Waals surface area contributed by atoms with Gasteiger partial charge in [-0.05, 0) is 60.7 Å². The summed E-state index contributed by atoms with van der Waals surface area (Å²) in [5.41, 5.74) is 1.42. The lowest BCUT2D eigenvalue weighted by Gasteiger charge is -2.20. The Balaban J connectivity index is 1.76. The van der Waals surface area contributed by atoms with Crippen LogP contribution in [0.1, 0.15) is 10.4 Å². The van der Waals surface area contributed by atoms with Crippen molar-refractivity contribution in [1.29, 1.82) is 0 Å². The second-order valence-electron chi connectivity index (χ2n) is 6.16. The first-order valence-electron chi connectivity index (χ1n) is 8.61. The number of hydrogen-bond acceptors (Lipinski definition) is 4. The van der Waals surface area contributed by atoms with Crippen LogP contribution in [0.4, 0.5) is 11.4 Å². The van der Waals surface area contributed by atoms with Crippen molar-refractivity contribution in [2.75, 3.05) is 23.8 Å². The topological polar surface area (TPSA) is 75.7 Å². The van der Waals surface area contributed by atoms with Crippen LogP contribution in [0.5, 0.6) is 5.75 Å². The number of ether oxygens (including phenoxy) is 1. The highest BCUT2D eigenvalue weighted by Crippen LogP contribution is 2.24. The van der Waals surface area contributed by atoms with Crippen molar-refractivity contribution in [2.45, 2.75) is 4.90 Å². The third-order valence-electron chi connectivity index (χ3n) is 4.29. The zero-order chi connectivity index (χ0) is 21.0. The van der Waals surface area contributed by atoms with Gasteiger partial charge in [-0.3, -0.25) is 9.10 Å². The predicted molar refractivity (Wildman–Crippen MR) is 114 cm³/mol. The molecule has 0 unspecified atom stereocenters. The van der Waals surface area contributed by atoms with Gasteiger partial charge in [-0.1, -0.05) is 17.7 Å². The molecular formula is C21H19ClN2O4S. The molecule has 0 aromatic heterocycles. The van der Waals surface area contributed by atoms with E-state index in [0.29, 0.717) is 27.7 Å². The van der Waals surface area contributed by atoms with Gasteiger partial charge in [0.1, 0.15) is 5.75 Å². The van der Waals surface area contributed by atoms with Gasteiger partial charge in [-0.2, -0.15) is 0 Å². The molecule has 3 rings (SSSR count). The fourth-order valence-corrected chi connectivity index (χ4v) is 3.95. The second-order valence-corrected chi connectivity index (χ2v) is 8.57. The lowest BCUT2D eigenvalue weighted by atomic mass is 10.2. The van der Waals surface area contributed by atoms with Gasteiger partial charge < -0.3 is 10.1 Å². The van der Waals surface area contributed by atoms with Crippen LogP contribution in [0.15, 0.2) is 77.7 Å². The molecule has 6 nitrogen and oxygen atoms in total. The van der Waals surface area contributed by atoms with Gasteiger partial charge in [-0.25, -0.2) is 8.42 Å². The highest BCUT2D eigenvalue weighted by Gasteiger charge is 2.21. The Hall–Kier alpha value is -3.03. The summed E-state index contributed by atoms with van der Waals surface area (Å²) in [6, 6.07) is 19.2. The van der Waals surface area contributed by atoms with Crippen LogP contribution in [0.3, 0.4) is 0 Å². The molecule has 1 N–H and O–H groups in total. The van der Waals surface area contributed by atoms with Crippen LogP contribution in [0.25, 0.3) is 0 Å². The van der Waals surface area contributed by atoms with Gasteiger partial charge in [0.05, 0.1) is 17.7 Å². The molecule has 0 aliphatic carbocycles. The summed E-state index contributed by atoms with van der Waals surface area (Å²) < 4.78 is 31.8. The summed E-state index contributed by atoms with van der Waals surface area (Å²) in [6.45, 7) is 0. The van der Waals surface area contributed by atoms with Crippen LogP contribution in [0, 0.1) is 0 Å². The molecule has 0 aliphatic heterocycles. The molecule has 29 heavy (non-hydrogen) atoms. The average molecular weight is 431 g/mol. The van der Waals surface area contributed by atoms with Crippen molar-refractivity contribution < 1.29 is 17.9 Å². The highest BCUT2D eigenvalue weighted by molar-refractivity contribution is 7.92. The molecule has 3 aromatic carbocycles. The molecule has 0 atom stereocenters. The second kappa shape index (κ2) is 8.55. The lowest BCUT2D eigenvalue weighted by Crippen LogP contribution is -2.26. The number of hydrogen-bond donors (Lipinski definition) is 1. The Morgan fingerprint density at radius 2 is 1.66 bits per heavy atom. The van der Waals surface area contributed by atoms with E-state index in [0.717, 1.165) is 4.31 Å². The van der Waals surface area contributed by atoms with E-state index in [1.807, 2.05) is 0 Å². The van der Waals surface area contributed by atoms with Gasteiger partial charge >= 0.3 is 0 Å². The third-order valence-corrected chi connectivity index (χ3v) is 6.34. The van der Waals surface area contributed by atoms with Crippen molar-refractivity contribution in [1.82, 2.24) is 0 Å². The monoisotopic (exact) mass is 430 g/mol. The number of carbonyl (C=O) groups excluding carboxylic acids is 1. The molecule has 3 aromatic rings.